The molecule has 8 aliphatic heterocycles. The molecule has 2 aliphatic carbocycles. The summed E-state index contributed by atoms with van der Waals surface area (Å²) < 4.78 is 77.4. The zero-order valence-corrected chi connectivity index (χ0v) is 80.8. The van der Waals surface area contributed by atoms with Gasteiger partial charge in [-0.2, -0.15) is 20.9 Å². The number of pyridine rings is 2. The highest BCUT2D eigenvalue weighted by Crippen LogP contribution is 2.48. The smallest absolute Gasteiger partial charge is 0.220 e. The molecule has 0 bridgehead atoms. The van der Waals surface area contributed by atoms with Crippen LogP contribution in [0, 0.1) is 0 Å². The van der Waals surface area contributed by atoms with Gasteiger partial charge in [0.25, 0.3) is 0 Å². The number of para-hydroxylation sites is 4. The second kappa shape index (κ2) is 50.1. The number of anilines is 2. The first-order valence-corrected chi connectivity index (χ1v) is 50.7. The fourth-order valence-corrected chi connectivity index (χ4v) is 22.6. The van der Waals surface area contributed by atoms with E-state index in [1.165, 1.54) is 32.9 Å². The molecule has 142 heavy (non-hydrogen) atoms. The van der Waals surface area contributed by atoms with Crippen molar-refractivity contribution in [3.05, 3.63) is 143 Å². The van der Waals surface area contributed by atoms with Gasteiger partial charge in [0.15, 0.2) is 50.1 Å². The first-order chi connectivity index (χ1) is 67.7. The predicted octanol–water partition coefficient (Wildman–Crippen LogP) is -6.47. The van der Waals surface area contributed by atoms with Gasteiger partial charge in [0, 0.05) is 149 Å². The highest BCUT2D eigenvalue weighted by Gasteiger charge is 2.58. The van der Waals surface area contributed by atoms with E-state index in [1.807, 2.05) is 36.4 Å². The predicted molar refractivity (Wildman–Crippen MR) is 526 cm³/mol. The molecule has 0 radical (unpaired) electrons. The van der Waals surface area contributed by atoms with E-state index in [2.05, 4.69) is 141 Å². The minimum absolute atomic E-state index is 0. The average Bonchev–Trinajstić information content (AvgIpc) is 1.78. The number of aliphatic hydroxyl groups is 12. The van der Waals surface area contributed by atoms with Gasteiger partial charge in [-0.1, -0.05) is 79.5 Å². The number of hydrogen-bond acceptors (Lipinski definition) is 43. The summed E-state index contributed by atoms with van der Waals surface area (Å²) in [6, 6.07) is 28.9. The highest BCUT2D eigenvalue weighted by molar-refractivity contribution is 8.04. The molecule has 10 aliphatic rings. The lowest BCUT2D eigenvalue weighted by Gasteiger charge is -2.47. The summed E-state index contributed by atoms with van der Waals surface area (Å²) in [5.74, 6) is 0.263. The molecule has 16 rings (SSSR count). The number of ether oxygens (including phenoxy) is 12. The Morgan fingerprint density at radius 3 is 1.13 bits per heavy atom. The molecule has 786 valence electrons. The van der Waals surface area contributed by atoms with Crippen molar-refractivity contribution >= 4 is 92.4 Å². The molecule has 14 unspecified atom stereocenters. The van der Waals surface area contributed by atoms with E-state index in [4.69, 9.17) is 126 Å². The van der Waals surface area contributed by atoms with Crippen LogP contribution in [0.15, 0.2) is 141 Å². The Balaban J connectivity index is 0.000000224. The Hall–Kier alpha value is -6.67. The molecule has 4 aromatic carbocycles. The normalized spacial score (nSPS) is 37.9. The molecule has 0 spiro atoms. The molecule has 8 fully saturated rings. The van der Waals surface area contributed by atoms with Gasteiger partial charge >= 0.3 is 0 Å². The molecule has 38 N–H and O–H groups in total. The number of carbonyl (C=O) groups is 2. The molecular weight excluding hydrogens is 1910 g/mol. The van der Waals surface area contributed by atoms with Crippen molar-refractivity contribution in [2.75, 3.05) is 74.7 Å². The number of rotatable bonds is 35. The molecule has 47 heteroatoms. The maximum absolute atomic E-state index is 13.4. The largest absolute Gasteiger partial charge is 0.389 e. The van der Waals surface area contributed by atoms with Crippen molar-refractivity contribution in [2.24, 2.45) is 68.8 Å². The quantitative estimate of drug-likeness (QED) is 0.0130. The third-order valence-electron chi connectivity index (χ3n) is 27.9. The van der Waals surface area contributed by atoms with Crippen LogP contribution in [0.5, 0.6) is 0 Å². The number of aromatic nitrogens is 2. The second-order valence-corrected chi connectivity index (χ2v) is 40.7. The van der Waals surface area contributed by atoms with Crippen LogP contribution in [0.25, 0.3) is 34.0 Å². The van der Waals surface area contributed by atoms with E-state index < -0.39 is 233 Å². The Labute approximate surface area is 835 Å². The van der Waals surface area contributed by atoms with Crippen LogP contribution < -0.4 is 98.4 Å². The van der Waals surface area contributed by atoms with E-state index in [-0.39, 0.29) is 77.0 Å². The van der Waals surface area contributed by atoms with Crippen molar-refractivity contribution < 1.29 is 137 Å². The molecule has 6 saturated heterocycles. The number of amides is 2. The van der Waals surface area contributed by atoms with Gasteiger partial charge in [-0.05, 0) is 85.4 Å². The van der Waals surface area contributed by atoms with Crippen molar-refractivity contribution in [1.82, 2.24) is 10.6 Å². The van der Waals surface area contributed by atoms with E-state index in [1.54, 1.807) is 23.5 Å². The van der Waals surface area contributed by atoms with Crippen LogP contribution in [-0.2, 0) is 79.5 Å². The summed E-state index contributed by atoms with van der Waals surface area (Å²) in [7, 11) is 4.16. The molecular formula is C95H144N18O26S3+2. The standard InChI is InChI=1S/C48H71N9O13S2.C46H67N9O13S.CH4/c1-56-28-10-4-5-11-32(28)72-34(56)18-23-13-16-57(27-9-3-2-8-24(23)27)15-7-6-12-33(58)55-14-17-71-22-31-44(69-47-36(54)41(63)39(61)30(21-50)66-47)42(64)48(67-31)70-45-37(59)25(51)19-26(52)43(45)68-46-35(53)40(62)38(60)29(20-49)65-46;1-54-26-10-4-5-11-30(26)69-32(54)16-21-13-15-55(25-9-3-2-8-22(21)25)14-7-6-12-31(56)53-20-29-42(67-45-34(52)39(61)37(59)28(19-48)64-45)40(62)46(65-29)68-43-35(57)23(49)17-24(50)41(43)66-44-33(51)38(60)36(58)27(18-47)63-44;/h2-5,8-11,13,16,18,25-26,29-31,35-48,59-64H,6-7,12,14-15,17,19-22,49-54H2,1H3;2-5,8-11,13,15-16,23-24,27-29,33-46,57-62H,6-7,12,14,17-20,47-52H2,1H3;1H4/p+2/t25-,26?,29?,30+,31-,35?,36?,37?,38-,39-,40-,41?,42+,43-,44+,45-,46-,47-,48?;23-,24?,27?,28+,29-,33?,34?,35?,36-,37-,38-,39?,40+,41-,42+,43-,44-,45-,46?;/m11./s1. The van der Waals surface area contributed by atoms with Gasteiger partial charge < -0.3 is 207 Å². The van der Waals surface area contributed by atoms with Gasteiger partial charge in [0.1, 0.15) is 141 Å². The minimum atomic E-state index is -1.65. The van der Waals surface area contributed by atoms with E-state index >= 15 is 0 Å². The topological polar surface area (TPSA) is 738 Å². The third kappa shape index (κ3) is 24.9. The number of nitrogens with two attached hydrogens (primary N) is 12. The average molecular weight is 2050 g/mol. The minimum Gasteiger partial charge on any atom is -0.389 e. The van der Waals surface area contributed by atoms with Crippen LogP contribution in [0.4, 0.5) is 11.4 Å². The maximum atomic E-state index is 13.4. The van der Waals surface area contributed by atoms with E-state index in [9.17, 15) is 70.9 Å². The number of carbonyl (C=O) groups excluding carboxylic acids is 2. The van der Waals surface area contributed by atoms with Crippen molar-refractivity contribution in [2.45, 2.75) is 314 Å². The Morgan fingerprint density at radius 1 is 0.401 bits per heavy atom. The number of benzene rings is 4. The van der Waals surface area contributed by atoms with Crippen molar-refractivity contribution in [1.29, 1.82) is 0 Å². The zero-order chi connectivity index (χ0) is 101. The van der Waals surface area contributed by atoms with Gasteiger partial charge in [0.05, 0.1) is 74.7 Å². The Bertz CT molecular complexity index is 5190. The number of aryl methyl sites for hydroxylation is 2. The van der Waals surface area contributed by atoms with Gasteiger partial charge in [-0.15, -0.1) is 0 Å². The first-order valence-electron chi connectivity index (χ1n) is 47.9. The summed E-state index contributed by atoms with van der Waals surface area (Å²) >= 11 is 4.90. The van der Waals surface area contributed by atoms with Gasteiger partial charge in [-0.3, -0.25) is 9.59 Å². The van der Waals surface area contributed by atoms with Crippen LogP contribution in [-0.4, -0.2) is 371 Å². The highest BCUT2D eigenvalue weighted by atomic mass is 32.2. The first kappa shape index (κ1) is 111. The summed E-state index contributed by atoms with van der Waals surface area (Å²) in [6.45, 7) is 0.842. The number of aliphatic hydroxyl groups excluding tert-OH is 12. The summed E-state index contributed by atoms with van der Waals surface area (Å²) in [5.41, 5.74) is 80.4. The van der Waals surface area contributed by atoms with Crippen LogP contribution in [0.1, 0.15) is 69.9 Å². The zero-order valence-electron chi connectivity index (χ0n) is 78.4. The fraction of sp³-hybridized carbons (Fsp3) is 0.621. The molecule has 44 nitrogen and oxygen atoms in total. The number of nitrogens with zero attached hydrogens (tertiary/aromatic N) is 4. The summed E-state index contributed by atoms with van der Waals surface area (Å²) in [5, 5.41) is 141. The molecule has 6 aromatic rings. The van der Waals surface area contributed by atoms with Crippen molar-refractivity contribution in [3.63, 3.8) is 0 Å². The number of hydrogen-bond donors (Lipinski definition) is 26. The maximum Gasteiger partial charge on any atom is 0.220 e. The van der Waals surface area contributed by atoms with Gasteiger partial charge in [-0.25, -0.2) is 0 Å². The Kier molecular flexibility index (Phi) is 39.2. The molecule has 2 aromatic heterocycles. The lowest BCUT2D eigenvalue weighted by Crippen LogP contribution is -2.68. The number of nitrogens with one attached hydrogen (secondary N) is 2. The second-order valence-electron chi connectivity index (χ2n) is 37.5. The molecule has 2 saturated carbocycles. The number of unbranched alkanes of at least 4 members (excludes halogenated alkanes) is 2. The van der Waals surface area contributed by atoms with Crippen LogP contribution >= 0.6 is 35.3 Å². The third-order valence-corrected chi connectivity index (χ3v) is 31.2. The van der Waals surface area contributed by atoms with Crippen molar-refractivity contribution in [3.8, 4) is 0 Å². The van der Waals surface area contributed by atoms with E-state index in [0.29, 0.717) is 44.5 Å². The lowest BCUT2D eigenvalue weighted by molar-refractivity contribution is -0.672. The SMILES string of the molecule is C.CN1/C(=C/c2cc[n+](CCCCC(=O)NCCSC[C@H]3OC(O[C@@H]4C(O)[C@H](N)CC(N)[C@H]4O[C@H]4OC(CN)[C@@H](O)[C@H](O)C4N)[C@@H](O)[C@H]3O[C@H]3O[C@@H](CN)[C@@H](O)C(O)C3N)c3ccccc23)Sc2ccccc21.CN1/C(=C/c2cc[n+](CCCCC(=O)NC[C@H]3OC(O[C@@H]4C(O)[C@H](N)CC(N)[C@H]4O[C@H]4OC(CN)[C@@H](O)[C@H](O)C4N)[C@@H](O)[C@H]3O[C@H]3O[C@@H](CN)[C@@H](O)C(O)C3N)c3ccccc23)Sc2ccccc21. The number of thioether (sulfide) groups is 3. The molecule has 38 atom stereocenters. The van der Waals surface area contributed by atoms with Gasteiger partial charge in [0.2, 0.25) is 22.8 Å². The van der Waals surface area contributed by atoms with E-state index in [0.717, 1.165) is 56.0 Å². The number of fused-ring (bicyclic) bond motifs is 4. The van der Waals surface area contributed by atoms with Crippen LogP contribution in [0.2, 0.25) is 0 Å². The van der Waals surface area contributed by atoms with Crippen LogP contribution in [0.3, 0.4) is 0 Å². The summed E-state index contributed by atoms with van der Waals surface area (Å²) in [6.07, 6.45) is -28.0. The summed E-state index contributed by atoms with van der Waals surface area (Å²) in [4.78, 5) is 33.3. The lowest BCUT2D eigenvalue weighted by atomic mass is 9.84. The molecule has 2 amide bonds. The Morgan fingerprint density at radius 2 is 0.739 bits per heavy atom. The fourth-order valence-electron chi connectivity index (χ4n) is 19.5. The monoisotopic (exact) mass is 2050 g/mol. The molecule has 10 heterocycles.